The normalized spacial score (nSPS) is 20.7. The molecule has 0 bridgehead atoms. The second-order valence-electron chi connectivity index (χ2n) is 9.07. The molecule has 1 fully saturated rings. The number of piperidine rings is 1. The van der Waals surface area contributed by atoms with Gasteiger partial charge < -0.3 is 19.1 Å². The summed E-state index contributed by atoms with van der Waals surface area (Å²) in [5.74, 6) is 0.210. The number of aromatic nitrogens is 1. The molecule has 0 spiro atoms. The number of sulfonamides is 1. The number of methoxy groups -OCH3 is 2. The Morgan fingerprint density at radius 3 is 2.54 bits per heavy atom. The molecule has 1 saturated heterocycles. The number of aryl methyl sites for hydroxylation is 2. The maximum Gasteiger partial charge on any atom is 0.303 e. The summed E-state index contributed by atoms with van der Waals surface area (Å²) in [5.41, 5.74) is 3.18. The standard InChI is InChI=1S/C24H31N3O7S/c1-14-24(15(2)34-26-14)35(30,31)27-8-6-16(11-23(28)29)18(13-27)9-20-19-12-22(33-4)21(32-3)10-17(19)5-7-25-20/h10,12,16,18H,5-9,11,13H2,1-4H3,(H,28,29)/t16-,18-/m0/s1. The molecule has 2 aliphatic rings. The Morgan fingerprint density at radius 2 is 1.91 bits per heavy atom. The first-order chi connectivity index (χ1) is 16.6. The van der Waals surface area contributed by atoms with Crippen molar-refractivity contribution in [1.29, 1.82) is 0 Å². The maximum atomic E-state index is 13.5. The van der Waals surface area contributed by atoms with Crippen LogP contribution in [0.3, 0.4) is 0 Å². The Bertz CT molecular complexity index is 1230. The highest BCUT2D eigenvalue weighted by atomic mass is 32.2. The van der Waals surface area contributed by atoms with Gasteiger partial charge in [-0.15, -0.1) is 0 Å². The average Bonchev–Trinajstić information content (AvgIpc) is 3.17. The lowest BCUT2D eigenvalue weighted by atomic mass is 9.79. The van der Waals surface area contributed by atoms with Crippen molar-refractivity contribution in [3.8, 4) is 11.5 Å². The van der Waals surface area contributed by atoms with E-state index in [0.717, 1.165) is 23.3 Å². The molecule has 0 radical (unpaired) electrons. The van der Waals surface area contributed by atoms with Crippen molar-refractivity contribution < 1.29 is 32.3 Å². The molecule has 2 aliphatic heterocycles. The van der Waals surface area contributed by atoms with Gasteiger partial charge in [-0.1, -0.05) is 5.16 Å². The van der Waals surface area contributed by atoms with E-state index in [1.165, 1.54) is 4.31 Å². The lowest BCUT2D eigenvalue weighted by Gasteiger charge is -2.38. The van der Waals surface area contributed by atoms with Crippen molar-refractivity contribution in [2.24, 2.45) is 16.8 Å². The topological polar surface area (TPSA) is 132 Å². The summed E-state index contributed by atoms with van der Waals surface area (Å²) in [5, 5.41) is 13.3. The third-order valence-corrected chi connectivity index (χ3v) is 9.03. The van der Waals surface area contributed by atoms with Crippen LogP contribution >= 0.6 is 0 Å². The zero-order valence-corrected chi connectivity index (χ0v) is 21.2. The minimum Gasteiger partial charge on any atom is -0.493 e. The first-order valence-electron chi connectivity index (χ1n) is 11.6. The number of hydrogen-bond donors (Lipinski definition) is 1. The number of carbonyl (C=O) groups is 1. The van der Waals surface area contributed by atoms with Crippen LogP contribution in [0.4, 0.5) is 0 Å². The molecule has 0 saturated carbocycles. The molecule has 35 heavy (non-hydrogen) atoms. The van der Waals surface area contributed by atoms with Crippen LogP contribution in [0.2, 0.25) is 0 Å². The largest absolute Gasteiger partial charge is 0.493 e. The molecule has 11 heteroatoms. The van der Waals surface area contributed by atoms with Gasteiger partial charge in [-0.05, 0) is 62.6 Å². The second kappa shape index (κ2) is 9.98. The smallest absolute Gasteiger partial charge is 0.303 e. The van der Waals surface area contributed by atoms with Gasteiger partial charge in [0.05, 0.1) is 14.2 Å². The molecule has 4 rings (SSSR count). The number of carboxylic acid groups (broad SMARTS) is 1. The minimum atomic E-state index is -3.83. The molecular formula is C24H31N3O7S. The zero-order valence-electron chi connectivity index (χ0n) is 20.4. The predicted octanol–water partition coefficient (Wildman–Crippen LogP) is 2.85. The van der Waals surface area contributed by atoms with Gasteiger partial charge >= 0.3 is 5.97 Å². The average molecular weight is 506 g/mol. The van der Waals surface area contributed by atoms with Crippen molar-refractivity contribution in [3.63, 3.8) is 0 Å². The number of carboxylic acids is 1. The molecule has 0 unspecified atom stereocenters. The monoisotopic (exact) mass is 505 g/mol. The van der Waals surface area contributed by atoms with Crippen LogP contribution in [0, 0.1) is 25.7 Å². The van der Waals surface area contributed by atoms with Crippen molar-refractivity contribution in [1.82, 2.24) is 9.46 Å². The highest BCUT2D eigenvalue weighted by Gasteiger charge is 2.39. The summed E-state index contributed by atoms with van der Waals surface area (Å²) < 4.78 is 44.4. The van der Waals surface area contributed by atoms with Crippen LogP contribution in [-0.2, 0) is 21.2 Å². The fourth-order valence-corrected chi connectivity index (χ4v) is 6.98. The summed E-state index contributed by atoms with van der Waals surface area (Å²) >= 11 is 0. The third kappa shape index (κ3) is 4.92. The quantitative estimate of drug-likeness (QED) is 0.579. The Balaban J connectivity index is 1.65. The highest BCUT2D eigenvalue weighted by Crippen LogP contribution is 2.37. The molecule has 1 aromatic heterocycles. The van der Waals surface area contributed by atoms with Gasteiger partial charge in [0.25, 0.3) is 0 Å². The molecule has 0 aliphatic carbocycles. The van der Waals surface area contributed by atoms with Gasteiger partial charge in [0.15, 0.2) is 17.3 Å². The first kappa shape index (κ1) is 25.2. The number of aliphatic imine (C=N–C) groups is 1. The van der Waals surface area contributed by atoms with E-state index in [9.17, 15) is 18.3 Å². The van der Waals surface area contributed by atoms with E-state index in [0.29, 0.717) is 36.6 Å². The van der Waals surface area contributed by atoms with Gasteiger partial charge in [0.2, 0.25) is 10.0 Å². The zero-order chi connectivity index (χ0) is 25.3. The number of benzene rings is 1. The summed E-state index contributed by atoms with van der Waals surface area (Å²) in [4.78, 5) is 16.4. The Morgan fingerprint density at radius 1 is 1.20 bits per heavy atom. The summed E-state index contributed by atoms with van der Waals surface area (Å²) in [6.45, 7) is 4.24. The van der Waals surface area contributed by atoms with Gasteiger partial charge in [0.1, 0.15) is 10.6 Å². The molecule has 190 valence electrons. The van der Waals surface area contributed by atoms with E-state index < -0.39 is 16.0 Å². The van der Waals surface area contributed by atoms with Crippen molar-refractivity contribution in [2.45, 2.75) is 44.4 Å². The first-order valence-corrected chi connectivity index (χ1v) is 13.0. The number of nitrogens with zero attached hydrogens (tertiary/aromatic N) is 3. The predicted molar refractivity (Wildman–Crippen MR) is 128 cm³/mol. The maximum absolute atomic E-state index is 13.5. The van der Waals surface area contributed by atoms with Crippen LogP contribution in [0.1, 0.15) is 41.8 Å². The van der Waals surface area contributed by atoms with E-state index >= 15 is 0 Å². The minimum absolute atomic E-state index is 0.0179. The van der Waals surface area contributed by atoms with Crippen molar-refractivity contribution in [2.75, 3.05) is 33.9 Å². The van der Waals surface area contributed by atoms with Gasteiger partial charge in [-0.3, -0.25) is 9.79 Å². The van der Waals surface area contributed by atoms with Gasteiger partial charge in [-0.25, -0.2) is 8.42 Å². The summed E-state index contributed by atoms with van der Waals surface area (Å²) in [6.07, 6.45) is 1.66. The van der Waals surface area contributed by atoms with Crippen LogP contribution < -0.4 is 9.47 Å². The van der Waals surface area contributed by atoms with Gasteiger partial charge in [-0.2, -0.15) is 4.31 Å². The Hall–Kier alpha value is -2.92. The Kier molecular flexibility index (Phi) is 7.18. The lowest BCUT2D eigenvalue weighted by molar-refractivity contribution is -0.138. The lowest BCUT2D eigenvalue weighted by Crippen LogP contribution is -2.45. The van der Waals surface area contributed by atoms with Crippen LogP contribution in [0.25, 0.3) is 0 Å². The van der Waals surface area contributed by atoms with Crippen LogP contribution in [-0.4, -0.2) is 68.5 Å². The molecule has 1 aromatic carbocycles. The molecular weight excluding hydrogens is 474 g/mol. The SMILES string of the molecule is COc1cc2c(cc1OC)C(C[C@H]1CN(S(=O)(=O)c3c(C)noc3C)CC[C@H]1CC(=O)O)=NCC2. The number of ether oxygens (including phenoxy) is 2. The van der Waals surface area contributed by atoms with Crippen LogP contribution in [0.15, 0.2) is 26.5 Å². The van der Waals surface area contributed by atoms with E-state index in [2.05, 4.69) is 5.16 Å². The van der Waals surface area contributed by atoms with Gasteiger partial charge in [0, 0.05) is 37.3 Å². The fourth-order valence-electron chi connectivity index (χ4n) is 5.18. The fraction of sp³-hybridized carbons (Fsp3) is 0.542. The van der Waals surface area contributed by atoms with Crippen LogP contribution in [0.5, 0.6) is 11.5 Å². The summed E-state index contributed by atoms with van der Waals surface area (Å²) in [7, 11) is -0.666. The van der Waals surface area contributed by atoms with Crippen molar-refractivity contribution in [3.05, 3.63) is 34.7 Å². The summed E-state index contributed by atoms with van der Waals surface area (Å²) in [6, 6.07) is 3.85. The molecule has 2 aromatic rings. The number of rotatable bonds is 8. The van der Waals surface area contributed by atoms with E-state index in [4.69, 9.17) is 19.0 Å². The third-order valence-electron chi connectivity index (χ3n) is 6.92. The number of aliphatic carboxylic acids is 1. The number of fused-ring (bicyclic) bond motifs is 1. The molecule has 1 N–H and O–H groups in total. The van der Waals surface area contributed by atoms with Crippen molar-refractivity contribution >= 4 is 21.7 Å². The van der Waals surface area contributed by atoms with E-state index in [1.807, 2.05) is 12.1 Å². The van der Waals surface area contributed by atoms with E-state index in [-0.39, 0.29) is 42.0 Å². The molecule has 0 amide bonds. The molecule has 3 heterocycles. The van der Waals surface area contributed by atoms with E-state index in [1.54, 1.807) is 28.1 Å². The number of hydrogen-bond acceptors (Lipinski definition) is 8. The second-order valence-corrected chi connectivity index (χ2v) is 10.9. The molecule has 10 nitrogen and oxygen atoms in total. The molecule has 2 atom stereocenters. The Labute approximate surface area is 205 Å². The highest BCUT2D eigenvalue weighted by molar-refractivity contribution is 7.89.